The zero-order chi connectivity index (χ0) is 23.7. The van der Waals surface area contributed by atoms with Gasteiger partial charge in [0, 0.05) is 28.4 Å². The van der Waals surface area contributed by atoms with Crippen LogP contribution in [0.5, 0.6) is 0 Å². The van der Waals surface area contributed by atoms with Gasteiger partial charge in [0.25, 0.3) is 17.7 Å². The second kappa shape index (κ2) is 9.31. The Morgan fingerprint density at radius 1 is 0.882 bits per heavy atom. The number of anilines is 2. The van der Waals surface area contributed by atoms with E-state index in [2.05, 4.69) is 10.6 Å². The lowest BCUT2D eigenvalue weighted by Crippen LogP contribution is -2.42. The van der Waals surface area contributed by atoms with Crippen LogP contribution in [0.2, 0.25) is 0 Å². The average molecular weight is 474 g/mol. The molecule has 1 heterocycles. The zero-order valence-electron chi connectivity index (χ0n) is 18.5. The molecule has 0 unspecified atom stereocenters. The molecule has 34 heavy (non-hydrogen) atoms. The first-order valence-corrected chi connectivity index (χ1v) is 11.8. The third-order valence-electron chi connectivity index (χ3n) is 6.43. The molecule has 3 aromatic carbocycles. The molecule has 0 aromatic heterocycles. The first-order chi connectivity index (χ1) is 16.5. The SMILES string of the molecule is O=C(Nc1cccc2ccccc12)c1cccc(NC2=C(Cl)C(=O)N(C3CCCCC3)C2=O)c1. The van der Waals surface area contributed by atoms with Crippen LogP contribution in [0.25, 0.3) is 10.8 Å². The number of hydrogen-bond acceptors (Lipinski definition) is 4. The van der Waals surface area contributed by atoms with Gasteiger partial charge in [0.05, 0.1) is 0 Å². The molecule has 1 saturated carbocycles. The van der Waals surface area contributed by atoms with Crippen molar-refractivity contribution in [1.29, 1.82) is 0 Å². The fourth-order valence-corrected chi connectivity index (χ4v) is 4.93. The van der Waals surface area contributed by atoms with Crippen LogP contribution >= 0.6 is 11.6 Å². The number of nitrogens with zero attached hydrogens (tertiary/aromatic N) is 1. The highest BCUT2D eigenvalue weighted by molar-refractivity contribution is 6.48. The van der Waals surface area contributed by atoms with E-state index >= 15 is 0 Å². The van der Waals surface area contributed by atoms with E-state index in [1.165, 1.54) is 4.90 Å². The van der Waals surface area contributed by atoms with Gasteiger partial charge in [0.2, 0.25) is 0 Å². The summed E-state index contributed by atoms with van der Waals surface area (Å²) in [5, 5.41) is 7.82. The quantitative estimate of drug-likeness (QED) is 0.469. The van der Waals surface area contributed by atoms with E-state index in [0.29, 0.717) is 16.9 Å². The van der Waals surface area contributed by atoms with Crippen LogP contribution in [0.3, 0.4) is 0 Å². The molecule has 2 aliphatic rings. The van der Waals surface area contributed by atoms with Crippen LogP contribution in [-0.2, 0) is 9.59 Å². The minimum Gasteiger partial charge on any atom is -0.350 e. The van der Waals surface area contributed by atoms with Crippen molar-refractivity contribution < 1.29 is 14.4 Å². The Kier molecular flexibility index (Phi) is 6.07. The first kappa shape index (κ1) is 22.2. The summed E-state index contributed by atoms with van der Waals surface area (Å²) in [5.74, 6) is -1.14. The van der Waals surface area contributed by atoms with Gasteiger partial charge in [0.15, 0.2) is 0 Å². The smallest absolute Gasteiger partial charge is 0.279 e. The largest absolute Gasteiger partial charge is 0.350 e. The summed E-state index contributed by atoms with van der Waals surface area (Å²) in [6, 6.07) is 20.2. The van der Waals surface area contributed by atoms with E-state index in [0.717, 1.165) is 42.9 Å². The number of halogens is 1. The van der Waals surface area contributed by atoms with Crippen LogP contribution in [-0.4, -0.2) is 28.7 Å². The van der Waals surface area contributed by atoms with Crippen molar-refractivity contribution in [3.63, 3.8) is 0 Å². The molecular formula is C27H24ClN3O3. The maximum absolute atomic E-state index is 13.0. The average Bonchev–Trinajstić information content (AvgIpc) is 3.08. The highest BCUT2D eigenvalue weighted by Gasteiger charge is 2.42. The summed E-state index contributed by atoms with van der Waals surface area (Å²) in [7, 11) is 0. The molecule has 3 aromatic rings. The van der Waals surface area contributed by atoms with Crippen molar-refractivity contribution >= 4 is 51.5 Å². The van der Waals surface area contributed by atoms with Crippen molar-refractivity contribution in [2.24, 2.45) is 0 Å². The number of imide groups is 1. The van der Waals surface area contributed by atoms with E-state index in [1.54, 1.807) is 24.3 Å². The van der Waals surface area contributed by atoms with E-state index in [4.69, 9.17) is 11.6 Å². The molecule has 0 spiro atoms. The first-order valence-electron chi connectivity index (χ1n) is 11.5. The fourth-order valence-electron chi connectivity index (χ4n) is 4.71. The maximum atomic E-state index is 13.0. The summed E-state index contributed by atoms with van der Waals surface area (Å²) in [6.07, 6.45) is 4.72. The van der Waals surface area contributed by atoms with Crippen LogP contribution in [0, 0.1) is 0 Å². The molecule has 0 atom stereocenters. The van der Waals surface area contributed by atoms with E-state index in [1.807, 2.05) is 42.5 Å². The predicted molar refractivity (Wildman–Crippen MR) is 134 cm³/mol. The lowest BCUT2D eigenvalue weighted by Gasteiger charge is -2.29. The summed E-state index contributed by atoms with van der Waals surface area (Å²) < 4.78 is 0. The molecule has 7 heteroatoms. The molecule has 0 saturated heterocycles. The Bertz CT molecular complexity index is 1320. The molecule has 172 valence electrons. The van der Waals surface area contributed by atoms with E-state index in [-0.39, 0.29) is 22.7 Å². The topological polar surface area (TPSA) is 78.5 Å². The van der Waals surface area contributed by atoms with Crippen LogP contribution in [0.1, 0.15) is 42.5 Å². The van der Waals surface area contributed by atoms with Crippen LogP contribution in [0.15, 0.2) is 77.5 Å². The van der Waals surface area contributed by atoms with Crippen LogP contribution < -0.4 is 10.6 Å². The third kappa shape index (κ3) is 4.17. The molecule has 0 radical (unpaired) electrons. The molecular weight excluding hydrogens is 450 g/mol. The van der Waals surface area contributed by atoms with Gasteiger partial charge in [-0.3, -0.25) is 19.3 Å². The van der Waals surface area contributed by atoms with E-state index in [9.17, 15) is 14.4 Å². The third-order valence-corrected chi connectivity index (χ3v) is 6.78. The summed E-state index contributed by atoms with van der Waals surface area (Å²) in [6.45, 7) is 0. The minimum absolute atomic E-state index is 0.0591. The van der Waals surface area contributed by atoms with Crippen molar-refractivity contribution in [3.8, 4) is 0 Å². The standard InChI is InChI=1S/C27H24ClN3O3/c28-23-24(27(34)31(26(23)33)20-12-2-1-3-13-20)29-19-11-6-10-18(16-19)25(32)30-22-15-7-9-17-8-4-5-14-21(17)22/h4-11,14-16,20,29H,1-3,12-13H2,(H,30,32). The summed E-state index contributed by atoms with van der Waals surface area (Å²) in [5.41, 5.74) is 1.69. The summed E-state index contributed by atoms with van der Waals surface area (Å²) >= 11 is 6.28. The number of carbonyl (C=O) groups excluding carboxylic acids is 3. The normalized spacial score (nSPS) is 16.9. The Morgan fingerprint density at radius 2 is 1.62 bits per heavy atom. The fraction of sp³-hybridized carbons (Fsp3) is 0.222. The molecule has 1 fully saturated rings. The summed E-state index contributed by atoms with van der Waals surface area (Å²) in [4.78, 5) is 40.0. The van der Waals surface area contributed by atoms with Gasteiger partial charge in [-0.2, -0.15) is 0 Å². The Labute approximate surface area is 202 Å². The Morgan fingerprint density at radius 3 is 2.44 bits per heavy atom. The molecule has 0 bridgehead atoms. The molecule has 1 aliphatic carbocycles. The van der Waals surface area contributed by atoms with Gasteiger partial charge in [0.1, 0.15) is 10.7 Å². The van der Waals surface area contributed by atoms with Crippen molar-refractivity contribution in [2.75, 3.05) is 10.6 Å². The van der Waals surface area contributed by atoms with Gasteiger partial charge in [-0.15, -0.1) is 0 Å². The van der Waals surface area contributed by atoms with Gasteiger partial charge >= 0.3 is 0 Å². The lowest BCUT2D eigenvalue weighted by atomic mass is 9.94. The minimum atomic E-state index is -0.453. The highest BCUT2D eigenvalue weighted by atomic mass is 35.5. The predicted octanol–water partition coefficient (Wildman–Crippen LogP) is 5.66. The van der Waals surface area contributed by atoms with Gasteiger partial charge < -0.3 is 10.6 Å². The monoisotopic (exact) mass is 473 g/mol. The van der Waals surface area contributed by atoms with E-state index < -0.39 is 11.8 Å². The number of amides is 3. The molecule has 1 aliphatic heterocycles. The molecule has 6 nitrogen and oxygen atoms in total. The second-order valence-corrected chi connectivity index (χ2v) is 9.03. The maximum Gasteiger partial charge on any atom is 0.279 e. The molecule has 5 rings (SSSR count). The Balaban J connectivity index is 1.34. The number of rotatable bonds is 5. The number of nitrogens with one attached hydrogen (secondary N) is 2. The number of carbonyl (C=O) groups is 3. The van der Waals surface area contributed by atoms with Gasteiger partial charge in [-0.1, -0.05) is 73.3 Å². The number of hydrogen-bond donors (Lipinski definition) is 2. The number of benzene rings is 3. The van der Waals surface area contributed by atoms with Gasteiger partial charge in [-0.25, -0.2) is 0 Å². The second-order valence-electron chi connectivity index (χ2n) is 8.65. The van der Waals surface area contributed by atoms with Crippen molar-refractivity contribution in [3.05, 3.63) is 83.0 Å². The molecule has 3 amide bonds. The van der Waals surface area contributed by atoms with Gasteiger partial charge in [-0.05, 0) is 42.5 Å². The number of fused-ring (bicyclic) bond motifs is 1. The molecule has 2 N–H and O–H groups in total. The Hall–Kier alpha value is -3.64. The van der Waals surface area contributed by atoms with Crippen molar-refractivity contribution in [2.45, 2.75) is 38.1 Å². The highest BCUT2D eigenvalue weighted by Crippen LogP contribution is 2.32. The van der Waals surface area contributed by atoms with Crippen molar-refractivity contribution in [1.82, 2.24) is 4.90 Å². The lowest BCUT2D eigenvalue weighted by molar-refractivity contribution is -0.140. The van der Waals surface area contributed by atoms with Crippen LogP contribution in [0.4, 0.5) is 11.4 Å². The zero-order valence-corrected chi connectivity index (χ0v) is 19.3.